The topological polar surface area (TPSA) is 68.3 Å². The van der Waals surface area contributed by atoms with E-state index in [1.54, 1.807) is 36.7 Å². The maximum Gasteiger partial charge on any atom is 0.338 e. The Balaban J connectivity index is 1.67. The van der Waals surface area contributed by atoms with Gasteiger partial charge in [0.05, 0.1) is 0 Å². The molecule has 2 heterocycles. The van der Waals surface area contributed by atoms with E-state index in [0.717, 1.165) is 16.7 Å². The van der Waals surface area contributed by atoms with Gasteiger partial charge in [-0.15, -0.1) is 0 Å². The van der Waals surface area contributed by atoms with Gasteiger partial charge in [0.15, 0.2) is 5.54 Å². The van der Waals surface area contributed by atoms with Gasteiger partial charge in [-0.1, -0.05) is 78.9 Å². The number of pyridine rings is 1. The number of amides is 1. The van der Waals surface area contributed by atoms with Crippen LogP contribution < -0.4 is 5.32 Å². The smallest absolute Gasteiger partial charge is 0.338 e. The number of benzene rings is 3. The largest absolute Gasteiger partial charge is 0.424 e. The van der Waals surface area contributed by atoms with Gasteiger partial charge in [0.2, 0.25) is 0 Å². The molecule has 172 valence electrons. The van der Waals surface area contributed by atoms with Gasteiger partial charge in [-0.25, -0.2) is 4.79 Å². The summed E-state index contributed by atoms with van der Waals surface area (Å²) in [5.41, 5.74) is 1.66. The molecule has 0 radical (unpaired) electrons. The van der Waals surface area contributed by atoms with Crippen molar-refractivity contribution >= 4 is 17.6 Å². The third-order valence-corrected chi connectivity index (χ3v) is 6.24. The number of cyclic esters (lactones) is 1. The van der Waals surface area contributed by atoms with Crippen molar-refractivity contribution in [1.82, 2.24) is 10.3 Å². The predicted octanol–water partition coefficient (Wildman–Crippen LogP) is 5.17. The van der Waals surface area contributed by atoms with Gasteiger partial charge >= 0.3 is 5.97 Å². The van der Waals surface area contributed by atoms with E-state index in [2.05, 4.69) is 10.3 Å². The fourth-order valence-corrected chi connectivity index (χ4v) is 4.49. The van der Waals surface area contributed by atoms with E-state index >= 15 is 0 Å². The Kier molecular flexibility index (Phi) is 6.22. The lowest BCUT2D eigenvalue weighted by Gasteiger charge is -2.41. The molecule has 0 spiro atoms. The van der Waals surface area contributed by atoms with E-state index < -0.39 is 17.4 Å². The Morgan fingerprint density at radius 1 is 0.829 bits per heavy atom. The number of carbonyl (C=O) groups excluding carboxylic acids is 2. The van der Waals surface area contributed by atoms with Crippen LogP contribution in [0.25, 0.3) is 5.76 Å². The van der Waals surface area contributed by atoms with Crippen molar-refractivity contribution in [2.24, 2.45) is 0 Å². The zero-order valence-corrected chi connectivity index (χ0v) is 19.0. The third kappa shape index (κ3) is 4.62. The Morgan fingerprint density at radius 3 is 2.09 bits per heavy atom. The summed E-state index contributed by atoms with van der Waals surface area (Å²) < 4.78 is 5.94. The number of ether oxygens (including phenoxy) is 1. The Morgan fingerprint density at radius 2 is 1.43 bits per heavy atom. The van der Waals surface area contributed by atoms with Gasteiger partial charge in [-0.3, -0.25) is 9.78 Å². The molecule has 1 N–H and O–H groups in total. The minimum atomic E-state index is -1.37. The molecule has 0 fully saturated rings. The van der Waals surface area contributed by atoms with E-state index in [1.165, 1.54) is 0 Å². The molecule has 35 heavy (non-hydrogen) atoms. The number of carbonyl (C=O) groups is 2. The van der Waals surface area contributed by atoms with Gasteiger partial charge in [0.1, 0.15) is 5.76 Å². The van der Waals surface area contributed by atoms with Crippen LogP contribution in [0.3, 0.4) is 0 Å². The molecule has 0 aliphatic carbocycles. The number of hydrogen-bond acceptors (Lipinski definition) is 4. The molecule has 0 unspecified atom stereocenters. The molecule has 0 saturated heterocycles. The van der Waals surface area contributed by atoms with Crippen molar-refractivity contribution in [1.29, 1.82) is 0 Å². The van der Waals surface area contributed by atoms with Crippen molar-refractivity contribution in [3.8, 4) is 0 Å². The molecule has 5 rings (SSSR count). The first-order valence-electron chi connectivity index (χ1n) is 11.5. The average Bonchev–Trinajstić information content (AvgIpc) is 2.92. The maximum absolute atomic E-state index is 14.0. The number of hydrogen-bond donors (Lipinski definition) is 1. The van der Waals surface area contributed by atoms with Gasteiger partial charge in [-0.05, 0) is 41.5 Å². The number of rotatable bonds is 6. The molecule has 1 aliphatic rings. The van der Waals surface area contributed by atoms with E-state index in [-0.39, 0.29) is 12.3 Å². The molecule has 0 saturated carbocycles. The van der Waals surface area contributed by atoms with Crippen LogP contribution in [0, 0.1) is 0 Å². The highest BCUT2D eigenvalue weighted by atomic mass is 16.5. The van der Waals surface area contributed by atoms with Crippen LogP contribution in [0.1, 0.15) is 33.0 Å². The summed E-state index contributed by atoms with van der Waals surface area (Å²) in [6.07, 6.45) is 5.58. The summed E-state index contributed by atoms with van der Waals surface area (Å²) in [6.45, 7) is 0. The van der Waals surface area contributed by atoms with Gasteiger partial charge < -0.3 is 10.1 Å². The summed E-state index contributed by atoms with van der Waals surface area (Å²) >= 11 is 0. The Bertz CT molecular complexity index is 1340. The number of aromatic nitrogens is 1. The van der Waals surface area contributed by atoms with Crippen LogP contribution in [0.2, 0.25) is 0 Å². The highest BCUT2D eigenvalue weighted by Crippen LogP contribution is 2.41. The molecule has 1 aliphatic heterocycles. The van der Waals surface area contributed by atoms with Gasteiger partial charge in [0, 0.05) is 35.9 Å². The van der Waals surface area contributed by atoms with Crippen molar-refractivity contribution in [2.45, 2.75) is 17.9 Å². The Hall–Kier alpha value is -4.51. The number of nitrogens with one attached hydrogen (secondary N) is 1. The quantitative estimate of drug-likeness (QED) is 0.403. The molecule has 5 nitrogen and oxygen atoms in total. The molecule has 4 aromatic rings. The van der Waals surface area contributed by atoms with Gasteiger partial charge in [0.25, 0.3) is 5.91 Å². The minimum absolute atomic E-state index is 0.261. The molecule has 5 heteroatoms. The van der Waals surface area contributed by atoms with Crippen LogP contribution in [0.15, 0.2) is 122 Å². The molecule has 3 aromatic carbocycles. The van der Waals surface area contributed by atoms with Crippen LogP contribution in [0.5, 0.6) is 0 Å². The first-order valence-corrected chi connectivity index (χ1v) is 11.5. The normalized spacial score (nSPS) is 19.4. The van der Waals surface area contributed by atoms with E-state index in [1.807, 2.05) is 84.9 Å². The lowest BCUT2D eigenvalue weighted by Crippen LogP contribution is -2.61. The molecule has 1 amide bonds. The van der Waals surface area contributed by atoms with E-state index in [0.29, 0.717) is 11.3 Å². The molecule has 2 atom stereocenters. The lowest BCUT2D eigenvalue weighted by molar-refractivity contribution is -0.145. The zero-order valence-electron chi connectivity index (χ0n) is 19.0. The standard InChI is InChI=1S/C30H24N2O3/c33-28(25-14-8-3-9-15-25)32-30(21-22-10-4-1-5-11-22)26(23-16-18-31-19-17-23)20-27(35-29(30)34)24-12-6-2-7-13-24/h1-20,26H,21H2,(H,32,33)/t26-,30+/m1/s1. The highest BCUT2D eigenvalue weighted by molar-refractivity contribution is 6.00. The number of nitrogens with zero attached hydrogens (tertiary/aromatic N) is 1. The third-order valence-electron chi connectivity index (χ3n) is 6.24. The second kappa shape index (κ2) is 9.77. The average molecular weight is 461 g/mol. The predicted molar refractivity (Wildman–Crippen MR) is 134 cm³/mol. The molecule has 1 aromatic heterocycles. The van der Waals surface area contributed by atoms with Crippen molar-refractivity contribution in [3.05, 3.63) is 144 Å². The molecular formula is C30H24N2O3. The molecule has 0 bridgehead atoms. The Labute approximate surface area is 204 Å². The second-order valence-corrected chi connectivity index (χ2v) is 8.50. The summed E-state index contributed by atoms with van der Waals surface area (Å²) in [5.74, 6) is -0.868. The minimum Gasteiger partial charge on any atom is -0.424 e. The van der Waals surface area contributed by atoms with E-state index in [4.69, 9.17) is 4.74 Å². The van der Waals surface area contributed by atoms with Gasteiger partial charge in [-0.2, -0.15) is 0 Å². The molecular weight excluding hydrogens is 436 g/mol. The first-order chi connectivity index (χ1) is 17.2. The summed E-state index contributed by atoms with van der Waals surface area (Å²) in [6, 6.07) is 31.8. The fourth-order valence-electron chi connectivity index (χ4n) is 4.49. The van der Waals surface area contributed by atoms with Crippen LogP contribution in [-0.4, -0.2) is 22.4 Å². The van der Waals surface area contributed by atoms with Crippen LogP contribution in [0.4, 0.5) is 0 Å². The van der Waals surface area contributed by atoms with Crippen molar-refractivity contribution in [2.75, 3.05) is 0 Å². The first kappa shape index (κ1) is 22.3. The SMILES string of the molecule is O=C(N[C@]1(Cc2ccccc2)C(=O)OC(c2ccccc2)=C[C@@H]1c1ccncc1)c1ccccc1. The summed E-state index contributed by atoms with van der Waals surface area (Å²) in [5, 5.41) is 3.09. The zero-order chi connectivity index (χ0) is 24.1. The fraction of sp³-hybridized carbons (Fsp3) is 0.100. The highest BCUT2D eigenvalue weighted by Gasteiger charge is 2.51. The maximum atomic E-state index is 14.0. The monoisotopic (exact) mass is 460 g/mol. The van der Waals surface area contributed by atoms with E-state index in [9.17, 15) is 9.59 Å². The van der Waals surface area contributed by atoms with Crippen LogP contribution in [-0.2, 0) is 16.0 Å². The summed E-state index contributed by atoms with van der Waals surface area (Å²) in [7, 11) is 0. The van der Waals surface area contributed by atoms with Crippen molar-refractivity contribution < 1.29 is 14.3 Å². The number of esters is 1. The second-order valence-electron chi connectivity index (χ2n) is 8.50. The summed E-state index contributed by atoms with van der Waals surface area (Å²) in [4.78, 5) is 31.5. The van der Waals surface area contributed by atoms with Crippen LogP contribution >= 0.6 is 0 Å². The lowest BCUT2D eigenvalue weighted by atomic mass is 9.73. The van der Waals surface area contributed by atoms with Crippen molar-refractivity contribution in [3.63, 3.8) is 0 Å².